The maximum absolute atomic E-state index is 13.3. The number of ether oxygens (including phenoxy) is 1. The lowest BCUT2D eigenvalue weighted by Crippen LogP contribution is -2.43. The highest BCUT2D eigenvalue weighted by atomic mass is 19.1. The number of hydrogen-bond donors (Lipinski definition) is 2. The fourth-order valence-electron chi connectivity index (χ4n) is 2.86. The number of nitrogens with zero attached hydrogens (tertiary/aromatic N) is 1. The summed E-state index contributed by atoms with van der Waals surface area (Å²) in [6.07, 6.45) is 0.187. The van der Waals surface area contributed by atoms with Crippen molar-refractivity contribution in [3.05, 3.63) is 59.9 Å². The number of urea groups is 1. The number of nitrogens with one attached hydrogen (secondary N) is 2. The van der Waals surface area contributed by atoms with Crippen molar-refractivity contribution in [3.63, 3.8) is 0 Å². The molecule has 1 unspecified atom stereocenters. The predicted molar refractivity (Wildman–Crippen MR) is 95.5 cm³/mol. The van der Waals surface area contributed by atoms with Crippen molar-refractivity contribution in [1.29, 1.82) is 0 Å². The molecule has 6 nitrogen and oxygen atoms in total. The van der Waals surface area contributed by atoms with Crippen LogP contribution in [0.1, 0.15) is 12.0 Å². The molecule has 7 heteroatoms. The lowest BCUT2D eigenvalue weighted by Gasteiger charge is -2.17. The molecule has 0 saturated carbocycles. The zero-order valence-corrected chi connectivity index (χ0v) is 14.4. The number of benzene rings is 2. The Labute approximate surface area is 150 Å². The van der Waals surface area contributed by atoms with Crippen LogP contribution >= 0.6 is 0 Å². The third-order valence-corrected chi connectivity index (χ3v) is 4.19. The molecule has 1 aliphatic rings. The van der Waals surface area contributed by atoms with E-state index in [2.05, 4.69) is 10.6 Å². The van der Waals surface area contributed by atoms with Crippen LogP contribution in [0.5, 0.6) is 5.75 Å². The molecule has 3 amide bonds. The van der Waals surface area contributed by atoms with Gasteiger partial charge < -0.3 is 20.3 Å². The summed E-state index contributed by atoms with van der Waals surface area (Å²) in [7, 11) is 1.59. The van der Waals surface area contributed by atoms with Crippen molar-refractivity contribution in [2.75, 3.05) is 18.6 Å². The first-order valence-electron chi connectivity index (χ1n) is 8.28. The van der Waals surface area contributed by atoms with Crippen LogP contribution < -0.4 is 20.3 Å². The SMILES string of the molecule is COc1ccc(CNC(=O)NC2CC(=O)N(c3cccc(F)c3)C2)cc1. The minimum atomic E-state index is -0.399. The van der Waals surface area contributed by atoms with Crippen LogP contribution in [-0.2, 0) is 11.3 Å². The Kier molecular flexibility index (Phi) is 5.36. The molecule has 26 heavy (non-hydrogen) atoms. The topological polar surface area (TPSA) is 70.7 Å². The molecule has 3 rings (SSSR count). The van der Waals surface area contributed by atoms with E-state index in [0.29, 0.717) is 18.8 Å². The summed E-state index contributed by atoms with van der Waals surface area (Å²) in [5, 5.41) is 5.55. The van der Waals surface area contributed by atoms with E-state index in [4.69, 9.17) is 4.74 Å². The van der Waals surface area contributed by atoms with Gasteiger partial charge in [-0.15, -0.1) is 0 Å². The molecule has 2 aromatic carbocycles. The lowest BCUT2D eigenvalue weighted by atomic mass is 10.2. The van der Waals surface area contributed by atoms with Crippen molar-refractivity contribution >= 4 is 17.6 Å². The van der Waals surface area contributed by atoms with Gasteiger partial charge in [-0.3, -0.25) is 4.79 Å². The number of methoxy groups -OCH3 is 1. The molecule has 1 aliphatic heterocycles. The normalized spacial score (nSPS) is 16.5. The average molecular weight is 357 g/mol. The van der Waals surface area contributed by atoms with Crippen molar-refractivity contribution in [1.82, 2.24) is 10.6 Å². The quantitative estimate of drug-likeness (QED) is 0.863. The van der Waals surface area contributed by atoms with Crippen LogP contribution in [0, 0.1) is 5.82 Å². The van der Waals surface area contributed by atoms with Crippen LogP contribution in [0.2, 0.25) is 0 Å². The summed E-state index contributed by atoms with van der Waals surface area (Å²) in [5.74, 6) is 0.208. The summed E-state index contributed by atoms with van der Waals surface area (Å²) in [6.45, 7) is 0.683. The largest absolute Gasteiger partial charge is 0.497 e. The summed E-state index contributed by atoms with van der Waals surface area (Å²) in [5.41, 5.74) is 1.43. The number of carbonyl (C=O) groups excluding carboxylic acids is 2. The van der Waals surface area contributed by atoms with Crippen LogP contribution in [-0.4, -0.2) is 31.6 Å². The van der Waals surface area contributed by atoms with Gasteiger partial charge in [-0.2, -0.15) is 0 Å². The number of anilines is 1. The highest BCUT2D eigenvalue weighted by molar-refractivity contribution is 5.96. The third-order valence-electron chi connectivity index (χ3n) is 4.19. The number of halogens is 1. The molecule has 2 aromatic rings. The van der Waals surface area contributed by atoms with Crippen LogP contribution in [0.15, 0.2) is 48.5 Å². The number of carbonyl (C=O) groups is 2. The van der Waals surface area contributed by atoms with Crippen LogP contribution in [0.3, 0.4) is 0 Å². The lowest BCUT2D eigenvalue weighted by molar-refractivity contribution is -0.117. The second kappa shape index (κ2) is 7.86. The van der Waals surface area contributed by atoms with Crippen molar-refractivity contribution in [3.8, 4) is 5.75 Å². The van der Waals surface area contributed by atoms with E-state index < -0.39 is 5.82 Å². The minimum absolute atomic E-state index is 0.143. The molecule has 0 bridgehead atoms. The fourth-order valence-corrected chi connectivity index (χ4v) is 2.86. The first kappa shape index (κ1) is 17.7. The monoisotopic (exact) mass is 357 g/mol. The van der Waals surface area contributed by atoms with Crippen molar-refractivity contribution < 1.29 is 18.7 Å². The zero-order valence-electron chi connectivity index (χ0n) is 14.4. The Bertz CT molecular complexity index is 795. The van der Waals surface area contributed by atoms with Crippen molar-refractivity contribution in [2.45, 2.75) is 19.0 Å². The molecule has 1 heterocycles. The van der Waals surface area contributed by atoms with Gasteiger partial charge in [0, 0.05) is 25.2 Å². The summed E-state index contributed by atoms with van der Waals surface area (Å²) < 4.78 is 18.4. The highest BCUT2D eigenvalue weighted by Crippen LogP contribution is 2.22. The zero-order chi connectivity index (χ0) is 18.5. The van der Waals surface area contributed by atoms with Crippen LogP contribution in [0.25, 0.3) is 0 Å². The average Bonchev–Trinajstić information content (AvgIpc) is 3.00. The molecule has 0 radical (unpaired) electrons. The second-order valence-corrected chi connectivity index (χ2v) is 6.06. The molecular formula is C19H20FN3O3. The van der Waals surface area contributed by atoms with Gasteiger partial charge in [-0.25, -0.2) is 9.18 Å². The van der Waals surface area contributed by atoms with Crippen LogP contribution in [0.4, 0.5) is 14.9 Å². The number of hydrogen-bond acceptors (Lipinski definition) is 3. The maximum atomic E-state index is 13.3. The molecule has 1 saturated heterocycles. The number of rotatable bonds is 5. The standard InChI is InChI=1S/C19H20FN3O3/c1-26-17-7-5-13(6-8-17)11-21-19(25)22-15-10-18(24)23(12-15)16-4-2-3-14(20)9-16/h2-9,15H,10-12H2,1H3,(H2,21,22,25). The first-order chi connectivity index (χ1) is 12.5. The minimum Gasteiger partial charge on any atom is -0.497 e. The number of amides is 3. The highest BCUT2D eigenvalue weighted by Gasteiger charge is 2.31. The first-order valence-corrected chi connectivity index (χ1v) is 8.28. The molecule has 2 N–H and O–H groups in total. The summed E-state index contributed by atoms with van der Waals surface area (Å²) in [4.78, 5) is 25.7. The van der Waals surface area contributed by atoms with Gasteiger partial charge in [-0.1, -0.05) is 18.2 Å². The smallest absolute Gasteiger partial charge is 0.315 e. The summed E-state index contributed by atoms with van der Waals surface area (Å²) in [6, 6.07) is 12.6. The molecule has 0 spiro atoms. The predicted octanol–water partition coefficient (Wildman–Crippen LogP) is 2.44. The van der Waals surface area contributed by atoms with Gasteiger partial charge >= 0.3 is 6.03 Å². The second-order valence-electron chi connectivity index (χ2n) is 6.06. The summed E-state index contributed by atoms with van der Waals surface area (Å²) >= 11 is 0. The van der Waals surface area contributed by atoms with Gasteiger partial charge in [0.15, 0.2) is 0 Å². The van der Waals surface area contributed by atoms with E-state index in [1.54, 1.807) is 19.2 Å². The van der Waals surface area contributed by atoms with Gasteiger partial charge in [0.25, 0.3) is 0 Å². The third kappa shape index (κ3) is 4.30. The van der Waals surface area contributed by atoms with E-state index >= 15 is 0 Å². The fraction of sp³-hybridized carbons (Fsp3) is 0.263. The van der Waals surface area contributed by atoms with E-state index in [0.717, 1.165) is 11.3 Å². The molecule has 136 valence electrons. The molecule has 1 atom stereocenters. The van der Waals surface area contributed by atoms with E-state index in [-0.39, 0.29) is 24.4 Å². The van der Waals surface area contributed by atoms with E-state index in [1.165, 1.54) is 17.0 Å². The Morgan fingerprint density at radius 2 is 2.04 bits per heavy atom. The molecular weight excluding hydrogens is 337 g/mol. The molecule has 0 aromatic heterocycles. The Hall–Kier alpha value is -3.09. The molecule has 0 aliphatic carbocycles. The van der Waals surface area contributed by atoms with Crippen molar-refractivity contribution in [2.24, 2.45) is 0 Å². The Balaban J connectivity index is 1.51. The van der Waals surface area contributed by atoms with Gasteiger partial charge in [0.2, 0.25) is 5.91 Å². The Morgan fingerprint density at radius 1 is 1.27 bits per heavy atom. The Morgan fingerprint density at radius 3 is 2.73 bits per heavy atom. The maximum Gasteiger partial charge on any atom is 0.315 e. The van der Waals surface area contributed by atoms with Gasteiger partial charge in [-0.05, 0) is 35.9 Å². The van der Waals surface area contributed by atoms with Gasteiger partial charge in [0.1, 0.15) is 11.6 Å². The van der Waals surface area contributed by atoms with E-state index in [1.807, 2.05) is 24.3 Å². The molecule has 1 fully saturated rings. The van der Waals surface area contributed by atoms with E-state index in [9.17, 15) is 14.0 Å². The van der Waals surface area contributed by atoms with Gasteiger partial charge in [0.05, 0.1) is 13.2 Å².